The first-order chi connectivity index (χ1) is 16.7. The Hall–Kier alpha value is -3.66. The smallest absolute Gasteiger partial charge is 0.420 e. The Bertz CT molecular complexity index is 1450. The first kappa shape index (κ1) is 25.4. The molecule has 3 heterocycles. The Labute approximate surface area is 214 Å². The number of nitrogens with zero attached hydrogens (tertiary/aromatic N) is 7. The van der Waals surface area contributed by atoms with Crippen molar-refractivity contribution in [3.63, 3.8) is 0 Å². The zero-order valence-electron chi connectivity index (χ0n) is 21.7. The molecule has 1 aromatic carbocycles. The first-order valence-electron chi connectivity index (χ1n) is 11.4. The summed E-state index contributed by atoms with van der Waals surface area (Å²) in [6.45, 7) is 12.1. The highest BCUT2D eigenvalue weighted by atomic mass is 35.5. The van der Waals surface area contributed by atoms with E-state index < -0.39 is 11.5 Å². The summed E-state index contributed by atoms with van der Waals surface area (Å²) >= 11 is 5.95. The highest BCUT2D eigenvalue weighted by Crippen LogP contribution is 2.42. The molecule has 0 aliphatic carbocycles. The molecule has 4 rings (SSSR count). The predicted molar refractivity (Wildman–Crippen MR) is 140 cm³/mol. The molecule has 0 radical (unpaired) electrons. The number of anilines is 4. The van der Waals surface area contributed by atoms with Gasteiger partial charge < -0.3 is 19.1 Å². The third-order valence-corrected chi connectivity index (χ3v) is 6.07. The largest absolute Gasteiger partial charge is 0.464 e. The molecule has 0 saturated carbocycles. The second kappa shape index (κ2) is 8.77. The van der Waals surface area contributed by atoms with Gasteiger partial charge >= 0.3 is 6.09 Å². The van der Waals surface area contributed by atoms with E-state index in [4.69, 9.17) is 21.1 Å². The third kappa shape index (κ3) is 4.48. The molecule has 0 spiro atoms. The number of fused-ring (bicyclic) bond motifs is 1. The Balaban J connectivity index is 1.86. The summed E-state index contributed by atoms with van der Waals surface area (Å²) in [7, 11) is 3.63. The highest BCUT2D eigenvalue weighted by Gasteiger charge is 2.38. The highest BCUT2D eigenvalue weighted by molar-refractivity contribution is 6.28. The Kier molecular flexibility index (Phi) is 6.20. The number of aryl methyl sites for hydroxylation is 1. The van der Waals surface area contributed by atoms with Crippen molar-refractivity contribution < 1.29 is 14.4 Å². The molecule has 1 amide bonds. The zero-order chi connectivity index (χ0) is 26.6. The van der Waals surface area contributed by atoms with E-state index in [-0.39, 0.29) is 22.5 Å². The molecule has 11 heteroatoms. The average Bonchev–Trinajstić information content (AvgIpc) is 3.35. The number of carboxylic acid groups (broad SMARTS) is 1. The lowest BCUT2D eigenvalue weighted by Crippen LogP contribution is -2.30. The monoisotopic (exact) mass is 511 g/mol. The maximum Gasteiger partial charge on any atom is 0.420 e. The van der Waals surface area contributed by atoms with Gasteiger partial charge in [-0.1, -0.05) is 46.7 Å². The predicted octanol–water partition coefficient (Wildman–Crippen LogP) is 6.18. The Morgan fingerprint density at radius 1 is 1.08 bits per heavy atom. The Morgan fingerprint density at radius 3 is 2.36 bits per heavy atom. The summed E-state index contributed by atoms with van der Waals surface area (Å²) < 4.78 is 7.47. The minimum absolute atomic E-state index is 0.148. The fourth-order valence-electron chi connectivity index (χ4n) is 4.12. The fraction of sp³-hybridized carbons (Fsp3) is 0.400. The molecule has 0 aliphatic rings. The van der Waals surface area contributed by atoms with E-state index in [0.717, 1.165) is 21.7 Å². The lowest BCUT2D eigenvalue weighted by Gasteiger charge is -2.26. The standard InChI is InChI=1S/C25H30ClN7O3/c1-24(2,3)18-19(25(4,5)6)36-30-20(18)33(23(34)35)22-28-15-13-14(9-10-16(15)32(22)8)31(7)17-11-12-27-21(26)29-17/h9-13H,1-8H3,(H,34,35). The molecule has 0 bridgehead atoms. The van der Waals surface area contributed by atoms with Crippen molar-refractivity contribution in [2.45, 2.75) is 52.4 Å². The lowest BCUT2D eigenvalue weighted by atomic mass is 9.79. The SMILES string of the molecule is CN(c1ccc2c(c1)nc(N(C(=O)O)c1noc(C(C)(C)C)c1C(C)(C)C)n2C)c1ccnc(Cl)n1. The van der Waals surface area contributed by atoms with E-state index in [1.54, 1.807) is 23.9 Å². The minimum Gasteiger partial charge on any atom is -0.464 e. The lowest BCUT2D eigenvalue weighted by molar-refractivity contribution is 0.203. The van der Waals surface area contributed by atoms with Crippen LogP contribution in [0.1, 0.15) is 52.9 Å². The van der Waals surface area contributed by atoms with Crippen LogP contribution in [0.4, 0.5) is 28.1 Å². The maximum atomic E-state index is 12.6. The number of hydrogen-bond acceptors (Lipinski definition) is 7. The van der Waals surface area contributed by atoms with Crippen molar-refractivity contribution in [3.8, 4) is 0 Å². The van der Waals surface area contributed by atoms with E-state index in [1.807, 2.05) is 71.7 Å². The van der Waals surface area contributed by atoms with Crippen LogP contribution in [0.15, 0.2) is 35.0 Å². The van der Waals surface area contributed by atoms with Crippen LogP contribution in [-0.4, -0.2) is 42.9 Å². The second-order valence-electron chi connectivity index (χ2n) is 10.7. The van der Waals surface area contributed by atoms with Crippen LogP contribution in [0.25, 0.3) is 11.0 Å². The van der Waals surface area contributed by atoms with Crippen LogP contribution < -0.4 is 9.80 Å². The van der Waals surface area contributed by atoms with E-state index in [1.165, 1.54) is 0 Å². The first-order valence-corrected chi connectivity index (χ1v) is 11.8. The normalized spacial score (nSPS) is 12.2. The van der Waals surface area contributed by atoms with Gasteiger partial charge in [-0.05, 0) is 41.3 Å². The Morgan fingerprint density at radius 2 is 1.78 bits per heavy atom. The average molecular weight is 512 g/mol. The van der Waals surface area contributed by atoms with Crippen LogP contribution in [0, 0.1) is 0 Å². The van der Waals surface area contributed by atoms with Gasteiger partial charge in [0.15, 0.2) is 5.82 Å². The number of hydrogen-bond donors (Lipinski definition) is 1. The molecule has 4 aromatic rings. The fourth-order valence-corrected chi connectivity index (χ4v) is 4.27. The molecule has 0 unspecified atom stereocenters. The van der Waals surface area contributed by atoms with Gasteiger partial charge in [0, 0.05) is 37.0 Å². The number of aromatic nitrogens is 5. The maximum absolute atomic E-state index is 12.6. The van der Waals surface area contributed by atoms with Gasteiger partial charge in [-0.25, -0.2) is 19.7 Å². The van der Waals surface area contributed by atoms with E-state index in [0.29, 0.717) is 17.1 Å². The number of rotatable bonds is 4. The van der Waals surface area contributed by atoms with E-state index in [9.17, 15) is 9.90 Å². The molecular formula is C25H30ClN7O3. The van der Waals surface area contributed by atoms with Gasteiger partial charge in [0.2, 0.25) is 11.2 Å². The summed E-state index contributed by atoms with van der Waals surface area (Å²) in [5.74, 6) is 1.68. The van der Waals surface area contributed by atoms with E-state index in [2.05, 4.69) is 15.1 Å². The van der Waals surface area contributed by atoms with Gasteiger partial charge in [-0.3, -0.25) is 0 Å². The molecule has 0 fully saturated rings. The van der Waals surface area contributed by atoms with Crippen molar-refractivity contribution in [2.75, 3.05) is 16.8 Å². The van der Waals surface area contributed by atoms with Crippen molar-refractivity contribution >= 4 is 52.0 Å². The number of amides is 1. The van der Waals surface area contributed by atoms with Crippen LogP contribution in [0.5, 0.6) is 0 Å². The minimum atomic E-state index is -1.21. The molecule has 0 aliphatic heterocycles. The number of carbonyl (C=O) groups is 1. The molecule has 0 atom stereocenters. The van der Waals surface area contributed by atoms with Crippen LogP contribution in [-0.2, 0) is 17.9 Å². The van der Waals surface area contributed by atoms with Gasteiger partial charge in [0.25, 0.3) is 0 Å². The molecule has 1 N–H and O–H groups in total. The summed E-state index contributed by atoms with van der Waals surface area (Å²) in [5.41, 5.74) is 2.10. The number of imidazole rings is 1. The molecule has 3 aromatic heterocycles. The summed E-state index contributed by atoms with van der Waals surface area (Å²) in [6, 6.07) is 7.40. The molecule has 10 nitrogen and oxygen atoms in total. The van der Waals surface area contributed by atoms with Crippen LogP contribution >= 0.6 is 11.6 Å². The topological polar surface area (TPSA) is 113 Å². The summed E-state index contributed by atoms with van der Waals surface area (Å²) in [4.78, 5) is 28.4. The summed E-state index contributed by atoms with van der Waals surface area (Å²) in [6.07, 6.45) is 0.375. The van der Waals surface area contributed by atoms with Crippen molar-refractivity contribution in [3.05, 3.63) is 47.1 Å². The van der Waals surface area contributed by atoms with Crippen molar-refractivity contribution in [2.24, 2.45) is 7.05 Å². The number of benzene rings is 1. The summed E-state index contributed by atoms with van der Waals surface area (Å²) in [5, 5.41) is 14.7. The van der Waals surface area contributed by atoms with Crippen molar-refractivity contribution in [1.82, 2.24) is 24.7 Å². The van der Waals surface area contributed by atoms with Gasteiger partial charge in [-0.2, -0.15) is 4.90 Å². The van der Waals surface area contributed by atoms with Gasteiger partial charge in [0.1, 0.15) is 11.6 Å². The van der Waals surface area contributed by atoms with E-state index >= 15 is 0 Å². The molecule has 36 heavy (non-hydrogen) atoms. The second-order valence-corrected chi connectivity index (χ2v) is 11.1. The van der Waals surface area contributed by atoms with Gasteiger partial charge in [0.05, 0.1) is 11.0 Å². The molecule has 0 saturated heterocycles. The third-order valence-electron chi connectivity index (χ3n) is 5.89. The quantitative estimate of drug-likeness (QED) is 0.323. The van der Waals surface area contributed by atoms with Gasteiger partial charge in [-0.15, -0.1) is 0 Å². The number of halogens is 1. The van der Waals surface area contributed by atoms with Crippen LogP contribution in [0.2, 0.25) is 5.28 Å². The van der Waals surface area contributed by atoms with Crippen molar-refractivity contribution in [1.29, 1.82) is 0 Å². The molecule has 190 valence electrons. The zero-order valence-corrected chi connectivity index (χ0v) is 22.4. The van der Waals surface area contributed by atoms with Crippen LogP contribution in [0.3, 0.4) is 0 Å². The molecular weight excluding hydrogens is 482 g/mol.